The molecule has 0 spiro atoms. The lowest BCUT2D eigenvalue weighted by atomic mass is 10.0. The Morgan fingerprint density at radius 1 is 1.38 bits per heavy atom. The van der Waals surface area contributed by atoms with E-state index in [-0.39, 0.29) is 6.10 Å². The van der Waals surface area contributed by atoms with E-state index in [1.165, 1.54) is 5.56 Å². The Hall–Kier alpha value is -0.530. The zero-order valence-electron chi connectivity index (χ0n) is 8.26. The minimum absolute atomic E-state index is 0.335. The normalized spacial score (nSPS) is 13.0. The van der Waals surface area contributed by atoms with E-state index < -0.39 is 0 Å². The molecule has 72 valence electrons. The minimum Gasteiger partial charge on any atom is -0.393 e. The van der Waals surface area contributed by atoms with Gasteiger partial charge in [-0.3, -0.25) is 0 Å². The molecule has 0 saturated heterocycles. The Morgan fingerprint density at radius 3 is 2.54 bits per heavy atom. The topological polar surface area (TPSA) is 20.2 Å². The molecule has 0 heterocycles. The van der Waals surface area contributed by atoms with E-state index in [0.29, 0.717) is 6.42 Å². The summed E-state index contributed by atoms with van der Waals surface area (Å²) in [5, 5.41) is 10.0. The van der Waals surface area contributed by atoms with Crippen molar-refractivity contribution < 1.29 is 5.11 Å². The summed E-state index contributed by atoms with van der Waals surface area (Å²) >= 11 is 6.10. The largest absolute Gasteiger partial charge is 0.393 e. The zero-order valence-corrected chi connectivity index (χ0v) is 9.02. The number of benzene rings is 1. The predicted molar refractivity (Wildman–Crippen MR) is 56.3 cm³/mol. The van der Waals surface area contributed by atoms with E-state index in [1.54, 1.807) is 6.92 Å². The highest BCUT2D eigenvalue weighted by atomic mass is 35.5. The van der Waals surface area contributed by atoms with Gasteiger partial charge < -0.3 is 5.11 Å². The number of aryl methyl sites for hydroxylation is 2. The third kappa shape index (κ3) is 2.71. The van der Waals surface area contributed by atoms with Crippen LogP contribution in [-0.4, -0.2) is 11.2 Å². The molecule has 0 aliphatic carbocycles. The number of aliphatic hydroxyl groups is 1. The van der Waals surface area contributed by atoms with Crippen LogP contribution in [-0.2, 0) is 6.42 Å². The molecule has 1 rings (SSSR count). The van der Waals surface area contributed by atoms with Crippen LogP contribution in [0.25, 0.3) is 0 Å². The number of halogens is 1. The summed E-state index contributed by atoms with van der Waals surface area (Å²) < 4.78 is 0. The lowest BCUT2D eigenvalue weighted by molar-refractivity contribution is 0.195. The molecule has 0 aliphatic heterocycles. The molecule has 1 atom stereocenters. The average Bonchev–Trinajstić information content (AvgIpc) is 1.98. The van der Waals surface area contributed by atoms with Gasteiger partial charge in [0.25, 0.3) is 0 Å². The van der Waals surface area contributed by atoms with Crippen molar-refractivity contribution >= 4 is 11.6 Å². The average molecular weight is 199 g/mol. The lowest BCUT2D eigenvalue weighted by Crippen LogP contribution is -2.05. The van der Waals surface area contributed by atoms with Crippen LogP contribution in [0.4, 0.5) is 0 Å². The fourth-order valence-electron chi connectivity index (χ4n) is 1.50. The first kappa shape index (κ1) is 10.6. The molecule has 2 heteroatoms. The molecular formula is C11H15ClO. The van der Waals surface area contributed by atoms with Crippen LogP contribution in [0.3, 0.4) is 0 Å². The number of hydrogen-bond donors (Lipinski definition) is 1. The number of rotatable bonds is 2. The molecule has 0 bridgehead atoms. The fraction of sp³-hybridized carbons (Fsp3) is 0.455. The molecule has 1 aromatic rings. The van der Waals surface area contributed by atoms with Crippen LogP contribution in [0.2, 0.25) is 5.02 Å². The zero-order chi connectivity index (χ0) is 10.0. The Morgan fingerprint density at radius 2 is 2.00 bits per heavy atom. The van der Waals surface area contributed by atoms with Gasteiger partial charge in [-0.15, -0.1) is 0 Å². The summed E-state index contributed by atoms with van der Waals surface area (Å²) in [6, 6.07) is 4.08. The van der Waals surface area contributed by atoms with Crippen LogP contribution < -0.4 is 0 Å². The molecule has 1 nitrogen and oxygen atoms in total. The van der Waals surface area contributed by atoms with Gasteiger partial charge in [-0.25, -0.2) is 0 Å². The molecule has 13 heavy (non-hydrogen) atoms. The highest BCUT2D eigenvalue weighted by molar-refractivity contribution is 6.32. The highest BCUT2D eigenvalue weighted by Crippen LogP contribution is 2.23. The molecule has 0 aliphatic rings. The van der Waals surface area contributed by atoms with Crippen molar-refractivity contribution in [3.8, 4) is 0 Å². The molecule has 0 saturated carbocycles. The summed E-state index contributed by atoms with van der Waals surface area (Å²) in [6.07, 6.45) is 0.292. The van der Waals surface area contributed by atoms with Crippen molar-refractivity contribution in [2.45, 2.75) is 33.3 Å². The van der Waals surface area contributed by atoms with Gasteiger partial charge in [0, 0.05) is 5.02 Å². The molecule has 1 N–H and O–H groups in total. The van der Waals surface area contributed by atoms with E-state index in [2.05, 4.69) is 0 Å². The SMILES string of the molecule is Cc1cc(C)c(Cl)c(CC(C)O)c1. The summed E-state index contributed by atoms with van der Waals surface area (Å²) in [5.41, 5.74) is 3.31. The van der Waals surface area contributed by atoms with Crippen molar-refractivity contribution in [2.75, 3.05) is 0 Å². The van der Waals surface area contributed by atoms with Gasteiger partial charge in [-0.05, 0) is 38.3 Å². The lowest BCUT2D eigenvalue weighted by Gasteiger charge is -2.10. The van der Waals surface area contributed by atoms with Crippen molar-refractivity contribution in [1.82, 2.24) is 0 Å². The maximum atomic E-state index is 9.25. The molecule has 0 fully saturated rings. The fourth-order valence-corrected chi connectivity index (χ4v) is 1.69. The van der Waals surface area contributed by atoms with E-state index in [0.717, 1.165) is 16.1 Å². The van der Waals surface area contributed by atoms with E-state index in [1.807, 2.05) is 26.0 Å². The standard InChI is InChI=1S/C11H15ClO/c1-7-4-8(2)11(12)10(5-7)6-9(3)13/h4-5,9,13H,6H2,1-3H3. The van der Waals surface area contributed by atoms with Crippen molar-refractivity contribution in [2.24, 2.45) is 0 Å². The van der Waals surface area contributed by atoms with Gasteiger partial charge in [-0.1, -0.05) is 29.3 Å². The second-order valence-electron chi connectivity index (χ2n) is 3.61. The Bertz CT molecular complexity index is 305. The predicted octanol–water partition coefficient (Wildman–Crippen LogP) is 2.88. The third-order valence-corrected chi connectivity index (χ3v) is 2.53. The first-order valence-electron chi connectivity index (χ1n) is 4.44. The van der Waals surface area contributed by atoms with Crippen LogP contribution in [0.15, 0.2) is 12.1 Å². The molecule has 0 aromatic heterocycles. The van der Waals surface area contributed by atoms with Gasteiger partial charge >= 0.3 is 0 Å². The molecule has 0 amide bonds. The van der Waals surface area contributed by atoms with Crippen LogP contribution in [0.1, 0.15) is 23.6 Å². The van der Waals surface area contributed by atoms with E-state index in [9.17, 15) is 5.11 Å². The number of hydrogen-bond acceptors (Lipinski definition) is 1. The first-order valence-corrected chi connectivity index (χ1v) is 4.82. The highest BCUT2D eigenvalue weighted by Gasteiger charge is 2.06. The molecule has 0 radical (unpaired) electrons. The van der Waals surface area contributed by atoms with Crippen LogP contribution in [0.5, 0.6) is 0 Å². The monoisotopic (exact) mass is 198 g/mol. The smallest absolute Gasteiger partial charge is 0.0552 e. The van der Waals surface area contributed by atoms with Gasteiger partial charge in [0.1, 0.15) is 0 Å². The summed E-state index contributed by atoms with van der Waals surface area (Å²) in [7, 11) is 0. The quantitative estimate of drug-likeness (QED) is 0.775. The van der Waals surface area contributed by atoms with Crippen LogP contribution in [0, 0.1) is 13.8 Å². The minimum atomic E-state index is -0.335. The van der Waals surface area contributed by atoms with Gasteiger partial charge in [-0.2, -0.15) is 0 Å². The maximum absolute atomic E-state index is 9.25. The second kappa shape index (κ2) is 4.12. The maximum Gasteiger partial charge on any atom is 0.0552 e. The Balaban J connectivity index is 3.05. The Kier molecular flexibility index (Phi) is 3.34. The molecule has 1 aromatic carbocycles. The van der Waals surface area contributed by atoms with Crippen molar-refractivity contribution in [3.05, 3.63) is 33.8 Å². The summed E-state index contributed by atoms with van der Waals surface area (Å²) in [4.78, 5) is 0. The molecular weight excluding hydrogens is 184 g/mol. The summed E-state index contributed by atoms with van der Waals surface area (Å²) in [5.74, 6) is 0. The third-order valence-electron chi connectivity index (χ3n) is 1.99. The van der Waals surface area contributed by atoms with E-state index >= 15 is 0 Å². The van der Waals surface area contributed by atoms with Gasteiger partial charge in [0.05, 0.1) is 6.10 Å². The van der Waals surface area contributed by atoms with Gasteiger partial charge in [0.15, 0.2) is 0 Å². The summed E-state index contributed by atoms with van der Waals surface area (Å²) in [6.45, 7) is 5.80. The number of aliphatic hydroxyl groups excluding tert-OH is 1. The Labute approximate surface area is 84.4 Å². The van der Waals surface area contributed by atoms with Crippen molar-refractivity contribution in [3.63, 3.8) is 0 Å². The van der Waals surface area contributed by atoms with Crippen molar-refractivity contribution in [1.29, 1.82) is 0 Å². The van der Waals surface area contributed by atoms with E-state index in [4.69, 9.17) is 11.6 Å². The van der Waals surface area contributed by atoms with Crippen LogP contribution >= 0.6 is 11.6 Å². The first-order chi connectivity index (χ1) is 6.00. The second-order valence-corrected chi connectivity index (χ2v) is 3.99. The molecule has 1 unspecified atom stereocenters. The van der Waals surface area contributed by atoms with Gasteiger partial charge in [0.2, 0.25) is 0 Å².